The molecule has 0 aromatic heterocycles. The van der Waals surface area contributed by atoms with Crippen molar-refractivity contribution >= 4 is 6.98 Å². The number of hydrogen-bond donors (Lipinski definition) is 0. The molecule has 2 nitrogen and oxygen atoms in total. The van der Waals surface area contributed by atoms with Crippen LogP contribution in [0.1, 0.15) is 13.3 Å². The van der Waals surface area contributed by atoms with Crippen molar-refractivity contribution in [1.82, 2.24) is 4.90 Å². The quantitative estimate of drug-likeness (QED) is 0.578. The summed E-state index contributed by atoms with van der Waals surface area (Å²) < 4.78 is 41.6. The van der Waals surface area contributed by atoms with E-state index in [0.717, 1.165) is 6.42 Å². The van der Waals surface area contributed by atoms with Crippen LogP contribution in [0.4, 0.5) is 12.9 Å². The summed E-state index contributed by atoms with van der Waals surface area (Å²) in [7, 11) is 1.56. The maximum atomic E-state index is 12.1. The number of piperidine rings is 1. The Morgan fingerprint density at radius 1 is 1.40 bits per heavy atom. The first kappa shape index (κ1) is 16.4. The molecule has 1 fully saturated rings. The second kappa shape index (κ2) is 6.98. The molecule has 84 valence electrons. The first-order valence-electron chi connectivity index (χ1n) is 4.88. The topological polar surface area (TPSA) is 12.5 Å². The fourth-order valence-corrected chi connectivity index (χ4v) is 1.86. The molecule has 1 heterocycles. The second-order valence-corrected chi connectivity index (χ2v) is 4.01. The van der Waals surface area contributed by atoms with E-state index in [0.29, 0.717) is 19.0 Å². The zero-order chi connectivity index (χ0) is 10.8. The van der Waals surface area contributed by atoms with Crippen molar-refractivity contribution < 1.29 is 69.1 Å². The Morgan fingerprint density at radius 2 is 2.00 bits per heavy atom. The minimum absolute atomic E-state index is 0. The van der Waals surface area contributed by atoms with E-state index < -0.39 is 13.4 Å². The first-order valence-corrected chi connectivity index (χ1v) is 4.88. The summed E-state index contributed by atoms with van der Waals surface area (Å²) in [6.07, 6.45) is -0.0288. The number of halogens is 3. The van der Waals surface area contributed by atoms with E-state index in [1.807, 2.05) is 6.92 Å². The van der Waals surface area contributed by atoms with E-state index in [9.17, 15) is 12.9 Å². The molecule has 0 saturated carbocycles. The van der Waals surface area contributed by atoms with Crippen molar-refractivity contribution in [3.05, 3.63) is 0 Å². The van der Waals surface area contributed by atoms with Gasteiger partial charge in [-0.05, 0) is 25.3 Å². The van der Waals surface area contributed by atoms with Gasteiger partial charge in [0.2, 0.25) is 0 Å². The van der Waals surface area contributed by atoms with Crippen LogP contribution < -0.4 is 51.4 Å². The van der Waals surface area contributed by atoms with Crippen LogP contribution in [0.5, 0.6) is 0 Å². The summed E-state index contributed by atoms with van der Waals surface area (Å²) in [5.41, 5.74) is 0. The van der Waals surface area contributed by atoms with Crippen molar-refractivity contribution in [2.75, 3.05) is 26.6 Å². The van der Waals surface area contributed by atoms with Crippen LogP contribution in [0.15, 0.2) is 0 Å². The molecule has 0 N–H and O–H groups in total. The average Bonchev–Trinajstić information content (AvgIpc) is 2.06. The summed E-state index contributed by atoms with van der Waals surface area (Å²) in [5, 5.41) is 0. The van der Waals surface area contributed by atoms with Crippen molar-refractivity contribution in [2.45, 2.75) is 19.4 Å². The number of rotatable bonds is 3. The van der Waals surface area contributed by atoms with Gasteiger partial charge in [-0.1, -0.05) is 6.92 Å². The molecular formula is C8H16BF3KNO. The van der Waals surface area contributed by atoms with Gasteiger partial charge in [-0.3, -0.25) is 0 Å². The van der Waals surface area contributed by atoms with E-state index in [1.54, 1.807) is 7.11 Å². The number of nitrogens with zero attached hydrogens (tertiary/aromatic N) is 1. The molecule has 0 aromatic carbocycles. The largest absolute Gasteiger partial charge is 1.00 e. The monoisotopic (exact) mass is 249 g/mol. The van der Waals surface area contributed by atoms with Gasteiger partial charge >= 0.3 is 58.4 Å². The number of ether oxygens (including phenoxy) is 1. The summed E-state index contributed by atoms with van der Waals surface area (Å²) in [4.78, 5) is 1.44. The molecule has 0 spiro atoms. The SMILES string of the molecule is COC1CN(C[B-](F)(F)F)CCC1C.[K+]. The van der Waals surface area contributed by atoms with Crippen molar-refractivity contribution in [3.63, 3.8) is 0 Å². The van der Waals surface area contributed by atoms with Crippen LogP contribution >= 0.6 is 0 Å². The third kappa shape index (κ3) is 6.05. The smallest absolute Gasteiger partial charge is 0.448 e. The van der Waals surface area contributed by atoms with Crippen LogP contribution in [0, 0.1) is 5.92 Å². The maximum Gasteiger partial charge on any atom is 1.00 e. The van der Waals surface area contributed by atoms with Crippen LogP contribution in [0.25, 0.3) is 0 Å². The van der Waals surface area contributed by atoms with Crippen LogP contribution in [-0.4, -0.2) is 44.6 Å². The summed E-state index contributed by atoms with van der Waals surface area (Å²) >= 11 is 0. The molecule has 1 aliphatic heterocycles. The van der Waals surface area contributed by atoms with Gasteiger partial charge in [-0.2, -0.15) is 0 Å². The van der Waals surface area contributed by atoms with Crippen molar-refractivity contribution in [1.29, 1.82) is 0 Å². The molecule has 0 amide bonds. The second-order valence-electron chi connectivity index (χ2n) is 4.01. The molecule has 0 aliphatic carbocycles. The summed E-state index contributed by atoms with van der Waals surface area (Å²) in [6, 6.07) is 0. The van der Waals surface area contributed by atoms with Gasteiger partial charge in [0.05, 0.1) is 6.10 Å². The first-order chi connectivity index (χ1) is 6.42. The Labute approximate surface area is 131 Å². The molecular weight excluding hydrogens is 233 g/mol. The normalized spacial score (nSPS) is 28.6. The van der Waals surface area contributed by atoms with Crippen LogP contribution in [0.3, 0.4) is 0 Å². The third-order valence-corrected chi connectivity index (χ3v) is 2.74. The van der Waals surface area contributed by atoms with Gasteiger partial charge < -0.3 is 22.6 Å². The standard InChI is InChI=1S/C8H16BF3NO.K/c1-7-3-4-13(5-8(7)14-2)6-9(10,11)12;/h7-8H,3-6H2,1-2H3;/q-1;+1. The van der Waals surface area contributed by atoms with Gasteiger partial charge in [0.15, 0.2) is 0 Å². The Kier molecular flexibility index (Phi) is 7.64. The minimum atomic E-state index is -4.70. The minimum Gasteiger partial charge on any atom is -0.448 e. The number of methoxy groups -OCH3 is 1. The van der Waals surface area contributed by atoms with Crippen molar-refractivity contribution in [3.8, 4) is 0 Å². The third-order valence-electron chi connectivity index (χ3n) is 2.74. The van der Waals surface area contributed by atoms with Crippen LogP contribution in [-0.2, 0) is 4.74 Å². The summed E-state index contributed by atoms with van der Waals surface area (Å²) in [5.74, 6) is 0.358. The predicted molar refractivity (Wildman–Crippen MR) is 50.1 cm³/mol. The maximum absolute atomic E-state index is 12.1. The Balaban J connectivity index is 0.00000196. The van der Waals surface area contributed by atoms with Gasteiger partial charge in [-0.15, -0.1) is 0 Å². The molecule has 15 heavy (non-hydrogen) atoms. The van der Waals surface area contributed by atoms with Crippen LogP contribution in [0.2, 0.25) is 0 Å². The zero-order valence-electron chi connectivity index (χ0n) is 9.55. The zero-order valence-corrected chi connectivity index (χ0v) is 12.7. The van der Waals surface area contributed by atoms with Gasteiger partial charge in [0.1, 0.15) is 0 Å². The van der Waals surface area contributed by atoms with E-state index in [2.05, 4.69) is 0 Å². The fourth-order valence-electron chi connectivity index (χ4n) is 1.86. The molecule has 0 aromatic rings. The molecule has 1 rings (SSSR count). The Hall–Kier alpha value is 1.41. The van der Waals surface area contributed by atoms with E-state index in [4.69, 9.17) is 4.74 Å². The van der Waals surface area contributed by atoms with Gasteiger partial charge in [-0.25, -0.2) is 0 Å². The van der Waals surface area contributed by atoms with Crippen molar-refractivity contribution in [2.24, 2.45) is 5.92 Å². The molecule has 0 bridgehead atoms. The Bertz CT molecular complexity index is 193. The Morgan fingerprint density at radius 3 is 2.47 bits per heavy atom. The molecule has 7 heteroatoms. The molecule has 1 aliphatic rings. The van der Waals surface area contributed by atoms with E-state index in [-0.39, 0.29) is 57.5 Å². The average molecular weight is 249 g/mol. The molecule has 1 saturated heterocycles. The van der Waals surface area contributed by atoms with Gasteiger partial charge in [0, 0.05) is 13.7 Å². The molecule has 0 radical (unpaired) electrons. The van der Waals surface area contributed by atoms with E-state index >= 15 is 0 Å². The fraction of sp³-hybridized carbons (Fsp3) is 1.00. The summed E-state index contributed by atoms with van der Waals surface area (Å²) in [6.45, 7) is -1.75. The predicted octanol–water partition coefficient (Wildman–Crippen LogP) is -1.27. The van der Waals surface area contributed by atoms with E-state index in [1.165, 1.54) is 4.90 Å². The number of likely N-dealkylation sites (tertiary alicyclic amines) is 1. The van der Waals surface area contributed by atoms with Gasteiger partial charge in [0.25, 0.3) is 0 Å². The molecule has 2 unspecified atom stereocenters. The molecule has 2 atom stereocenters. The number of hydrogen-bond acceptors (Lipinski definition) is 2.